The fraction of sp³-hybridized carbons (Fsp3) is 0.643. The number of carbonyl (C=O) groups excluding carboxylic acids is 1. The molecule has 88 valence electrons. The molecule has 2 rings (SSSR count). The molecule has 0 unspecified atom stereocenters. The van der Waals surface area contributed by atoms with Gasteiger partial charge in [0.15, 0.2) is 6.29 Å². The van der Waals surface area contributed by atoms with Crippen LogP contribution < -0.4 is 0 Å². The fourth-order valence-electron chi connectivity index (χ4n) is 3.13. The van der Waals surface area contributed by atoms with Crippen LogP contribution in [0, 0.1) is 24.7 Å². The van der Waals surface area contributed by atoms with E-state index in [4.69, 9.17) is 0 Å². The molecule has 1 aliphatic carbocycles. The Kier molecular flexibility index (Phi) is 2.14. The van der Waals surface area contributed by atoms with Crippen LogP contribution in [0.5, 0.6) is 0 Å². The molecule has 0 aromatic carbocycles. The minimum atomic E-state index is 0.307. The standard InChI is InChI=1S/C14H21NO/c1-9-7-11(8-16)10(2)15(9)12-13(3,4)14(12,5)6/h7-8,12H,1-6H3. The van der Waals surface area contributed by atoms with Gasteiger partial charge in [-0.3, -0.25) is 4.79 Å². The van der Waals surface area contributed by atoms with Crippen molar-refractivity contribution in [1.82, 2.24) is 4.57 Å². The van der Waals surface area contributed by atoms with E-state index in [1.807, 2.05) is 13.0 Å². The van der Waals surface area contributed by atoms with E-state index in [-0.39, 0.29) is 0 Å². The maximum absolute atomic E-state index is 10.9. The van der Waals surface area contributed by atoms with Crippen molar-refractivity contribution in [3.05, 3.63) is 23.0 Å². The van der Waals surface area contributed by atoms with Crippen molar-refractivity contribution < 1.29 is 4.79 Å². The van der Waals surface area contributed by atoms with Crippen LogP contribution in [-0.4, -0.2) is 10.9 Å². The van der Waals surface area contributed by atoms with Crippen LogP contribution in [0.3, 0.4) is 0 Å². The molecule has 1 fully saturated rings. The van der Waals surface area contributed by atoms with Gasteiger partial charge in [-0.05, 0) is 30.7 Å². The van der Waals surface area contributed by atoms with Crippen molar-refractivity contribution >= 4 is 6.29 Å². The summed E-state index contributed by atoms with van der Waals surface area (Å²) in [5, 5.41) is 0. The Morgan fingerprint density at radius 2 is 1.69 bits per heavy atom. The second-order valence-corrected chi connectivity index (χ2v) is 6.16. The highest BCUT2D eigenvalue weighted by atomic mass is 16.1. The van der Waals surface area contributed by atoms with E-state index in [2.05, 4.69) is 39.2 Å². The molecule has 0 N–H and O–H groups in total. The first-order valence-electron chi connectivity index (χ1n) is 5.88. The molecule has 16 heavy (non-hydrogen) atoms. The highest BCUT2D eigenvalue weighted by Gasteiger charge is 2.66. The zero-order valence-corrected chi connectivity index (χ0v) is 11.1. The van der Waals surface area contributed by atoms with Crippen LogP contribution in [0.4, 0.5) is 0 Å². The molecule has 2 heteroatoms. The average molecular weight is 219 g/mol. The molecule has 0 saturated heterocycles. The maximum Gasteiger partial charge on any atom is 0.151 e. The first kappa shape index (κ1) is 11.4. The summed E-state index contributed by atoms with van der Waals surface area (Å²) >= 11 is 0. The lowest BCUT2D eigenvalue weighted by Crippen LogP contribution is -2.05. The van der Waals surface area contributed by atoms with Crippen molar-refractivity contribution in [2.45, 2.75) is 47.6 Å². The predicted molar refractivity (Wildman–Crippen MR) is 65.9 cm³/mol. The summed E-state index contributed by atoms with van der Waals surface area (Å²) in [6.45, 7) is 13.3. The number of aromatic nitrogens is 1. The van der Waals surface area contributed by atoms with Gasteiger partial charge in [-0.2, -0.15) is 0 Å². The molecular weight excluding hydrogens is 198 g/mol. The molecule has 1 heterocycles. The van der Waals surface area contributed by atoms with Crippen molar-refractivity contribution in [2.75, 3.05) is 0 Å². The molecule has 0 spiro atoms. The monoisotopic (exact) mass is 219 g/mol. The van der Waals surface area contributed by atoms with Gasteiger partial charge in [-0.1, -0.05) is 27.7 Å². The van der Waals surface area contributed by atoms with Gasteiger partial charge in [0, 0.05) is 23.0 Å². The van der Waals surface area contributed by atoms with Gasteiger partial charge in [0.1, 0.15) is 0 Å². The SMILES string of the molecule is Cc1cc(C=O)c(C)n1C1C(C)(C)C1(C)C. The fourth-order valence-corrected chi connectivity index (χ4v) is 3.13. The normalized spacial score (nSPS) is 22.1. The summed E-state index contributed by atoms with van der Waals surface area (Å²) in [4.78, 5) is 10.9. The van der Waals surface area contributed by atoms with Crippen LogP contribution in [0.2, 0.25) is 0 Å². The number of hydrogen-bond donors (Lipinski definition) is 0. The molecule has 0 amide bonds. The number of aryl methyl sites for hydroxylation is 1. The number of nitrogens with zero attached hydrogens (tertiary/aromatic N) is 1. The van der Waals surface area contributed by atoms with Gasteiger partial charge < -0.3 is 4.57 Å². The largest absolute Gasteiger partial charge is 0.344 e. The predicted octanol–water partition coefficient (Wildman–Crippen LogP) is 3.52. The minimum Gasteiger partial charge on any atom is -0.344 e. The Hall–Kier alpha value is -1.05. The van der Waals surface area contributed by atoms with Crippen LogP contribution in [0.15, 0.2) is 6.07 Å². The van der Waals surface area contributed by atoms with Gasteiger partial charge in [0.2, 0.25) is 0 Å². The third kappa shape index (κ3) is 1.16. The lowest BCUT2D eigenvalue weighted by Gasteiger charge is -2.11. The van der Waals surface area contributed by atoms with E-state index in [1.54, 1.807) is 0 Å². The van der Waals surface area contributed by atoms with Crippen molar-refractivity contribution in [3.63, 3.8) is 0 Å². The second-order valence-electron chi connectivity index (χ2n) is 6.16. The highest BCUT2D eigenvalue weighted by Crippen LogP contribution is 2.71. The van der Waals surface area contributed by atoms with E-state index >= 15 is 0 Å². The summed E-state index contributed by atoms with van der Waals surface area (Å²) in [6, 6.07) is 2.50. The van der Waals surface area contributed by atoms with E-state index < -0.39 is 0 Å². The van der Waals surface area contributed by atoms with Crippen molar-refractivity contribution in [1.29, 1.82) is 0 Å². The zero-order valence-electron chi connectivity index (χ0n) is 11.1. The Morgan fingerprint density at radius 1 is 1.19 bits per heavy atom. The van der Waals surface area contributed by atoms with Crippen LogP contribution >= 0.6 is 0 Å². The average Bonchev–Trinajstić information content (AvgIpc) is 2.46. The molecule has 0 radical (unpaired) electrons. The molecular formula is C14H21NO. The Bertz CT molecular complexity index is 438. The molecule has 2 nitrogen and oxygen atoms in total. The van der Waals surface area contributed by atoms with Gasteiger partial charge in [-0.25, -0.2) is 0 Å². The Morgan fingerprint density at radius 3 is 2.00 bits per heavy atom. The van der Waals surface area contributed by atoms with E-state index in [9.17, 15) is 4.79 Å². The summed E-state index contributed by atoms with van der Waals surface area (Å²) in [7, 11) is 0. The first-order valence-corrected chi connectivity index (χ1v) is 5.88. The molecule has 1 aromatic rings. The van der Waals surface area contributed by atoms with E-state index in [0.29, 0.717) is 16.9 Å². The van der Waals surface area contributed by atoms with Gasteiger partial charge in [0.05, 0.1) is 0 Å². The van der Waals surface area contributed by atoms with Gasteiger partial charge >= 0.3 is 0 Å². The van der Waals surface area contributed by atoms with Crippen LogP contribution in [0.1, 0.15) is 55.5 Å². The van der Waals surface area contributed by atoms with Gasteiger partial charge in [0.25, 0.3) is 0 Å². The summed E-state index contributed by atoms with van der Waals surface area (Å²) in [6.07, 6.45) is 0.960. The molecule has 0 atom stereocenters. The highest BCUT2D eigenvalue weighted by molar-refractivity contribution is 5.77. The Labute approximate surface area is 97.7 Å². The smallest absolute Gasteiger partial charge is 0.151 e. The first-order chi connectivity index (χ1) is 7.25. The summed E-state index contributed by atoms with van der Waals surface area (Å²) in [5.41, 5.74) is 3.75. The summed E-state index contributed by atoms with van der Waals surface area (Å²) in [5.74, 6) is 0. The third-order valence-corrected chi connectivity index (χ3v) is 4.85. The molecule has 1 aromatic heterocycles. The van der Waals surface area contributed by atoms with E-state index in [1.165, 1.54) is 5.69 Å². The number of hydrogen-bond acceptors (Lipinski definition) is 1. The lowest BCUT2D eigenvalue weighted by molar-refractivity contribution is 0.112. The van der Waals surface area contributed by atoms with Crippen LogP contribution in [-0.2, 0) is 0 Å². The van der Waals surface area contributed by atoms with E-state index in [0.717, 1.165) is 17.5 Å². The second kappa shape index (κ2) is 2.99. The van der Waals surface area contributed by atoms with Crippen LogP contribution in [0.25, 0.3) is 0 Å². The molecule has 0 aliphatic heterocycles. The molecule has 1 saturated carbocycles. The lowest BCUT2D eigenvalue weighted by atomic mass is 10.0. The number of rotatable bonds is 2. The topological polar surface area (TPSA) is 22.0 Å². The maximum atomic E-state index is 10.9. The summed E-state index contributed by atoms with van der Waals surface area (Å²) < 4.78 is 2.34. The molecule has 1 aliphatic rings. The molecule has 0 bridgehead atoms. The van der Waals surface area contributed by atoms with Crippen molar-refractivity contribution in [3.8, 4) is 0 Å². The van der Waals surface area contributed by atoms with Gasteiger partial charge in [-0.15, -0.1) is 0 Å². The third-order valence-electron chi connectivity index (χ3n) is 4.85. The quantitative estimate of drug-likeness (QED) is 0.697. The minimum absolute atomic E-state index is 0.307. The number of aldehydes is 1. The Balaban J connectivity index is 2.52. The zero-order chi connectivity index (χ0) is 12.3. The number of carbonyl (C=O) groups is 1. The van der Waals surface area contributed by atoms with Crippen molar-refractivity contribution in [2.24, 2.45) is 10.8 Å².